The summed E-state index contributed by atoms with van der Waals surface area (Å²) in [6.45, 7) is 4.45. The van der Waals surface area contributed by atoms with Crippen LogP contribution in [0.15, 0.2) is 18.2 Å². The maximum atomic E-state index is 5.93. The van der Waals surface area contributed by atoms with Crippen LogP contribution in [0.25, 0.3) is 0 Å². The van der Waals surface area contributed by atoms with Gasteiger partial charge in [0.1, 0.15) is 0 Å². The van der Waals surface area contributed by atoms with E-state index >= 15 is 0 Å². The molecule has 0 aliphatic carbocycles. The predicted octanol–water partition coefficient (Wildman–Crippen LogP) is 2.77. The van der Waals surface area contributed by atoms with Crippen molar-refractivity contribution in [3.63, 3.8) is 0 Å². The molecule has 1 aromatic rings. The second-order valence-corrected chi connectivity index (χ2v) is 4.32. The van der Waals surface area contributed by atoms with Gasteiger partial charge in [0.2, 0.25) is 0 Å². The van der Waals surface area contributed by atoms with Crippen molar-refractivity contribution in [1.82, 2.24) is 0 Å². The Morgan fingerprint density at radius 1 is 1.50 bits per heavy atom. The number of nitrogens with two attached hydrogens (primary N) is 1. The molecule has 0 saturated carbocycles. The van der Waals surface area contributed by atoms with E-state index in [2.05, 4.69) is 11.8 Å². The molecule has 76 valence electrons. The molecule has 1 fully saturated rings. The van der Waals surface area contributed by atoms with Crippen LogP contribution in [0.5, 0.6) is 0 Å². The van der Waals surface area contributed by atoms with Gasteiger partial charge in [0, 0.05) is 18.1 Å². The molecule has 0 bridgehead atoms. The van der Waals surface area contributed by atoms with E-state index < -0.39 is 0 Å². The SMILES string of the molecule is CCC1CN(c2cc(Cl)ccc2N)C1. The fourth-order valence-corrected chi connectivity index (χ4v) is 1.98. The molecule has 0 aromatic heterocycles. The van der Waals surface area contributed by atoms with Crippen LogP contribution in [-0.4, -0.2) is 13.1 Å². The summed E-state index contributed by atoms with van der Waals surface area (Å²) in [5.41, 5.74) is 7.79. The van der Waals surface area contributed by atoms with E-state index in [0.29, 0.717) is 0 Å². The highest BCUT2D eigenvalue weighted by molar-refractivity contribution is 6.31. The molecule has 0 amide bonds. The second kappa shape index (κ2) is 3.70. The molecule has 0 atom stereocenters. The van der Waals surface area contributed by atoms with Crippen LogP contribution in [0.2, 0.25) is 5.02 Å². The zero-order valence-corrected chi connectivity index (χ0v) is 9.09. The van der Waals surface area contributed by atoms with Gasteiger partial charge in [-0.3, -0.25) is 0 Å². The topological polar surface area (TPSA) is 29.3 Å². The van der Waals surface area contributed by atoms with E-state index in [4.69, 9.17) is 17.3 Å². The van der Waals surface area contributed by atoms with Crippen molar-refractivity contribution >= 4 is 23.0 Å². The maximum absolute atomic E-state index is 5.93. The van der Waals surface area contributed by atoms with Gasteiger partial charge < -0.3 is 10.6 Å². The lowest BCUT2D eigenvalue weighted by atomic mass is 9.96. The summed E-state index contributed by atoms with van der Waals surface area (Å²) in [4.78, 5) is 2.29. The molecule has 0 radical (unpaired) electrons. The number of nitrogen functional groups attached to an aromatic ring is 1. The smallest absolute Gasteiger partial charge is 0.0615 e. The first-order chi connectivity index (χ1) is 6.70. The lowest BCUT2D eigenvalue weighted by molar-refractivity contribution is 0.399. The number of benzene rings is 1. The third kappa shape index (κ3) is 1.67. The molecular formula is C11H15ClN2. The van der Waals surface area contributed by atoms with Gasteiger partial charge in [0.05, 0.1) is 11.4 Å². The molecule has 14 heavy (non-hydrogen) atoms. The molecular weight excluding hydrogens is 196 g/mol. The first kappa shape index (κ1) is 9.66. The molecule has 3 heteroatoms. The van der Waals surface area contributed by atoms with Gasteiger partial charge in [-0.2, -0.15) is 0 Å². The second-order valence-electron chi connectivity index (χ2n) is 3.88. The summed E-state index contributed by atoms with van der Waals surface area (Å²) in [6, 6.07) is 5.65. The molecule has 1 aliphatic rings. The fourth-order valence-electron chi connectivity index (χ4n) is 1.82. The molecule has 0 spiro atoms. The normalized spacial score (nSPS) is 16.9. The number of halogens is 1. The van der Waals surface area contributed by atoms with Crippen LogP contribution in [0.3, 0.4) is 0 Å². The largest absolute Gasteiger partial charge is 0.397 e. The minimum Gasteiger partial charge on any atom is -0.397 e. The Kier molecular flexibility index (Phi) is 2.55. The molecule has 1 heterocycles. The number of rotatable bonds is 2. The number of nitrogens with zero attached hydrogens (tertiary/aromatic N) is 1. The number of anilines is 2. The third-order valence-corrected chi connectivity index (χ3v) is 3.10. The summed E-state index contributed by atoms with van der Waals surface area (Å²) >= 11 is 5.93. The zero-order valence-electron chi connectivity index (χ0n) is 8.33. The summed E-state index contributed by atoms with van der Waals surface area (Å²) in [6.07, 6.45) is 1.25. The van der Waals surface area contributed by atoms with Crippen molar-refractivity contribution < 1.29 is 0 Å². The van der Waals surface area contributed by atoms with Crippen LogP contribution >= 0.6 is 11.6 Å². The molecule has 0 unspecified atom stereocenters. The minimum absolute atomic E-state index is 0.758. The molecule has 1 aliphatic heterocycles. The van der Waals surface area contributed by atoms with Crippen molar-refractivity contribution in [2.75, 3.05) is 23.7 Å². The first-order valence-electron chi connectivity index (χ1n) is 5.00. The fraction of sp³-hybridized carbons (Fsp3) is 0.455. The maximum Gasteiger partial charge on any atom is 0.0615 e. The van der Waals surface area contributed by atoms with Gasteiger partial charge in [-0.05, 0) is 30.5 Å². The molecule has 2 rings (SSSR count). The summed E-state index contributed by atoms with van der Waals surface area (Å²) in [5.74, 6) is 0.827. The monoisotopic (exact) mass is 210 g/mol. The summed E-state index contributed by atoms with van der Waals surface area (Å²) < 4.78 is 0. The van der Waals surface area contributed by atoms with Crippen molar-refractivity contribution in [1.29, 1.82) is 0 Å². The van der Waals surface area contributed by atoms with E-state index in [-0.39, 0.29) is 0 Å². The van der Waals surface area contributed by atoms with Crippen molar-refractivity contribution in [3.05, 3.63) is 23.2 Å². The van der Waals surface area contributed by atoms with E-state index in [1.54, 1.807) is 0 Å². The molecule has 2 N–H and O–H groups in total. The number of hydrogen-bond acceptors (Lipinski definition) is 2. The van der Waals surface area contributed by atoms with Crippen molar-refractivity contribution in [3.8, 4) is 0 Å². The van der Waals surface area contributed by atoms with E-state index in [9.17, 15) is 0 Å². The van der Waals surface area contributed by atoms with Gasteiger partial charge in [-0.15, -0.1) is 0 Å². The number of hydrogen-bond donors (Lipinski definition) is 1. The Morgan fingerprint density at radius 3 is 2.86 bits per heavy atom. The average Bonchev–Trinajstić information content (AvgIpc) is 2.09. The van der Waals surface area contributed by atoms with Crippen LogP contribution in [0.4, 0.5) is 11.4 Å². The van der Waals surface area contributed by atoms with Crippen molar-refractivity contribution in [2.24, 2.45) is 5.92 Å². The van der Waals surface area contributed by atoms with Gasteiger partial charge in [0.15, 0.2) is 0 Å². The molecule has 1 saturated heterocycles. The van der Waals surface area contributed by atoms with E-state index in [1.165, 1.54) is 6.42 Å². The minimum atomic E-state index is 0.758. The third-order valence-electron chi connectivity index (χ3n) is 2.87. The standard InChI is InChI=1S/C11H15ClN2/c1-2-8-6-14(7-8)11-5-9(12)3-4-10(11)13/h3-5,8H,2,6-7,13H2,1H3. The summed E-state index contributed by atoms with van der Waals surface area (Å²) in [5, 5.41) is 0.758. The van der Waals surface area contributed by atoms with Crippen LogP contribution in [0.1, 0.15) is 13.3 Å². The zero-order chi connectivity index (χ0) is 10.1. The Morgan fingerprint density at radius 2 is 2.21 bits per heavy atom. The van der Waals surface area contributed by atoms with Gasteiger partial charge in [-0.1, -0.05) is 18.5 Å². The predicted molar refractivity (Wildman–Crippen MR) is 61.9 cm³/mol. The van der Waals surface area contributed by atoms with Crippen molar-refractivity contribution in [2.45, 2.75) is 13.3 Å². The molecule has 1 aromatic carbocycles. The van der Waals surface area contributed by atoms with Crippen LogP contribution < -0.4 is 10.6 Å². The Balaban J connectivity index is 2.13. The lowest BCUT2D eigenvalue weighted by Gasteiger charge is -2.41. The van der Waals surface area contributed by atoms with Crippen LogP contribution in [0, 0.1) is 5.92 Å². The highest BCUT2D eigenvalue weighted by Crippen LogP contribution is 2.32. The Labute approximate surface area is 89.7 Å². The quantitative estimate of drug-likeness (QED) is 0.761. The Bertz CT molecular complexity index is 332. The van der Waals surface area contributed by atoms with Gasteiger partial charge in [0.25, 0.3) is 0 Å². The van der Waals surface area contributed by atoms with E-state index in [1.807, 2.05) is 18.2 Å². The highest BCUT2D eigenvalue weighted by atomic mass is 35.5. The average molecular weight is 211 g/mol. The van der Waals surface area contributed by atoms with E-state index in [0.717, 1.165) is 35.4 Å². The highest BCUT2D eigenvalue weighted by Gasteiger charge is 2.26. The van der Waals surface area contributed by atoms with Gasteiger partial charge in [-0.25, -0.2) is 0 Å². The summed E-state index contributed by atoms with van der Waals surface area (Å²) in [7, 11) is 0. The van der Waals surface area contributed by atoms with Gasteiger partial charge >= 0.3 is 0 Å². The Hall–Kier alpha value is -0.890. The molecule has 2 nitrogen and oxygen atoms in total. The van der Waals surface area contributed by atoms with Crippen LogP contribution in [-0.2, 0) is 0 Å². The lowest BCUT2D eigenvalue weighted by Crippen LogP contribution is -2.46. The first-order valence-corrected chi connectivity index (χ1v) is 5.38.